The van der Waals surface area contributed by atoms with Gasteiger partial charge < -0.3 is 10.1 Å². The molecule has 9 heteroatoms. The molecule has 0 aromatic heterocycles. The predicted octanol–water partition coefficient (Wildman–Crippen LogP) is 4.91. The maximum atomic E-state index is 13.0. The number of nitrogens with zero attached hydrogens (tertiary/aromatic N) is 1. The van der Waals surface area contributed by atoms with Crippen molar-refractivity contribution in [2.24, 2.45) is 10.1 Å². The van der Waals surface area contributed by atoms with E-state index in [1.165, 1.54) is 12.1 Å². The Balaban J connectivity index is 1.43. The SMILES string of the molecule is COc1ccc(C2=Nc3cc(C(=O)NCc4ccc(S(N)(=O)=O)cc4)ccc3Sc3ccccc32)cc1. The molecular formula is C28H23N3O4S2. The Kier molecular flexibility index (Phi) is 6.84. The second kappa shape index (κ2) is 10.2. The third-order valence-electron chi connectivity index (χ3n) is 5.88. The quantitative estimate of drug-likeness (QED) is 0.325. The maximum absolute atomic E-state index is 13.0. The number of fused-ring (bicyclic) bond motifs is 2. The lowest BCUT2D eigenvalue weighted by Crippen LogP contribution is -2.22. The molecule has 1 aliphatic rings. The van der Waals surface area contributed by atoms with Crippen LogP contribution in [0.3, 0.4) is 0 Å². The molecule has 0 atom stereocenters. The van der Waals surface area contributed by atoms with E-state index in [4.69, 9.17) is 14.9 Å². The van der Waals surface area contributed by atoms with E-state index in [-0.39, 0.29) is 17.3 Å². The zero-order valence-electron chi connectivity index (χ0n) is 19.8. The van der Waals surface area contributed by atoms with E-state index in [2.05, 4.69) is 11.4 Å². The highest BCUT2D eigenvalue weighted by molar-refractivity contribution is 7.99. The summed E-state index contributed by atoms with van der Waals surface area (Å²) >= 11 is 1.61. The molecule has 1 aliphatic heterocycles. The van der Waals surface area contributed by atoms with Crippen LogP contribution in [0.1, 0.15) is 27.0 Å². The summed E-state index contributed by atoms with van der Waals surface area (Å²) in [6.07, 6.45) is 0. The van der Waals surface area contributed by atoms with Crippen molar-refractivity contribution in [3.05, 3.63) is 113 Å². The normalized spacial score (nSPS) is 12.5. The Morgan fingerprint density at radius 3 is 2.38 bits per heavy atom. The van der Waals surface area contributed by atoms with Crippen LogP contribution in [-0.4, -0.2) is 27.1 Å². The van der Waals surface area contributed by atoms with Gasteiger partial charge in [-0.2, -0.15) is 0 Å². The van der Waals surface area contributed by atoms with Crippen molar-refractivity contribution < 1.29 is 17.9 Å². The fourth-order valence-electron chi connectivity index (χ4n) is 3.93. The summed E-state index contributed by atoms with van der Waals surface area (Å²) in [5.41, 5.74) is 4.71. The van der Waals surface area contributed by atoms with Crippen LogP contribution in [0.15, 0.2) is 111 Å². The van der Waals surface area contributed by atoms with Crippen molar-refractivity contribution in [2.45, 2.75) is 21.2 Å². The van der Waals surface area contributed by atoms with Crippen molar-refractivity contribution in [3.8, 4) is 5.75 Å². The number of benzene rings is 4. The Morgan fingerprint density at radius 1 is 0.946 bits per heavy atom. The lowest BCUT2D eigenvalue weighted by atomic mass is 10.0. The minimum Gasteiger partial charge on any atom is -0.497 e. The molecule has 0 unspecified atom stereocenters. The minimum absolute atomic E-state index is 0.0253. The van der Waals surface area contributed by atoms with Crippen LogP contribution in [0.5, 0.6) is 5.75 Å². The second-order valence-electron chi connectivity index (χ2n) is 8.34. The third kappa shape index (κ3) is 5.43. The monoisotopic (exact) mass is 529 g/mol. The molecule has 4 aromatic carbocycles. The van der Waals surface area contributed by atoms with E-state index < -0.39 is 10.0 Å². The van der Waals surface area contributed by atoms with E-state index in [0.29, 0.717) is 11.3 Å². The summed E-state index contributed by atoms with van der Waals surface area (Å²) in [7, 11) is -2.13. The van der Waals surface area contributed by atoms with Gasteiger partial charge in [-0.05, 0) is 66.2 Å². The van der Waals surface area contributed by atoms with Crippen LogP contribution < -0.4 is 15.2 Å². The molecule has 4 aromatic rings. The van der Waals surface area contributed by atoms with Crippen LogP contribution in [0.2, 0.25) is 0 Å². The molecule has 0 aliphatic carbocycles. The van der Waals surface area contributed by atoms with Crippen molar-refractivity contribution >= 4 is 39.1 Å². The molecule has 1 amide bonds. The Hall–Kier alpha value is -3.92. The first-order chi connectivity index (χ1) is 17.8. The van der Waals surface area contributed by atoms with Gasteiger partial charge in [0.25, 0.3) is 5.91 Å². The molecule has 1 heterocycles. The van der Waals surface area contributed by atoms with E-state index in [1.54, 1.807) is 43.1 Å². The summed E-state index contributed by atoms with van der Waals surface area (Å²) in [6, 6.07) is 27.4. The molecule has 0 saturated heterocycles. The number of nitrogens with two attached hydrogens (primary N) is 1. The number of ether oxygens (including phenoxy) is 1. The van der Waals surface area contributed by atoms with Gasteiger partial charge in [-0.25, -0.2) is 18.5 Å². The van der Waals surface area contributed by atoms with E-state index in [9.17, 15) is 13.2 Å². The standard InChI is InChI=1S/C28H23N3O4S2/c1-35-21-11-8-19(9-12-21)27-23-4-2-3-5-25(23)36-26-15-10-20(16-24(26)31-27)28(32)30-17-18-6-13-22(14-7-18)37(29,33)34/h2-16H,17H2,1H3,(H,30,32)(H2,29,33,34). The zero-order chi connectivity index (χ0) is 26.0. The predicted molar refractivity (Wildman–Crippen MR) is 144 cm³/mol. The minimum atomic E-state index is -3.76. The Morgan fingerprint density at radius 2 is 1.68 bits per heavy atom. The van der Waals surface area contributed by atoms with Gasteiger partial charge in [0.05, 0.1) is 23.4 Å². The zero-order valence-corrected chi connectivity index (χ0v) is 21.5. The topological polar surface area (TPSA) is 111 Å². The van der Waals surface area contributed by atoms with Crippen molar-refractivity contribution in [2.75, 3.05) is 7.11 Å². The molecular weight excluding hydrogens is 506 g/mol. The number of carbonyl (C=O) groups is 1. The highest BCUT2D eigenvalue weighted by Crippen LogP contribution is 2.41. The molecule has 0 spiro atoms. The Bertz CT molecular complexity index is 1610. The van der Waals surface area contributed by atoms with E-state index in [0.717, 1.165) is 37.9 Å². The highest BCUT2D eigenvalue weighted by Gasteiger charge is 2.20. The van der Waals surface area contributed by atoms with Gasteiger partial charge in [-0.1, -0.05) is 42.1 Å². The number of amides is 1. The Labute approximate surface area is 219 Å². The molecule has 0 bridgehead atoms. The summed E-state index contributed by atoms with van der Waals surface area (Å²) in [6.45, 7) is 0.237. The maximum Gasteiger partial charge on any atom is 0.251 e. The van der Waals surface area contributed by atoms with Crippen molar-refractivity contribution in [3.63, 3.8) is 0 Å². The molecule has 0 fully saturated rings. The smallest absolute Gasteiger partial charge is 0.251 e. The van der Waals surface area contributed by atoms with Gasteiger partial charge in [0.1, 0.15) is 5.75 Å². The molecule has 7 nitrogen and oxygen atoms in total. The first kappa shape index (κ1) is 24.8. The molecule has 0 radical (unpaired) electrons. The first-order valence-electron chi connectivity index (χ1n) is 11.4. The number of sulfonamides is 1. The number of nitrogens with one attached hydrogen (secondary N) is 1. The number of primary sulfonamides is 1. The molecule has 3 N–H and O–H groups in total. The van der Waals surface area contributed by atoms with Gasteiger partial charge in [-0.3, -0.25) is 4.79 Å². The molecule has 186 valence electrons. The van der Waals surface area contributed by atoms with Gasteiger partial charge in [0.2, 0.25) is 10.0 Å². The van der Waals surface area contributed by atoms with Gasteiger partial charge in [0, 0.05) is 33.0 Å². The number of aliphatic imine (C=N–C) groups is 1. The molecule has 37 heavy (non-hydrogen) atoms. The fourth-order valence-corrected chi connectivity index (χ4v) is 5.45. The number of hydrogen-bond donors (Lipinski definition) is 2. The van der Waals surface area contributed by atoms with Crippen LogP contribution >= 0.6 is 11.8 Å². The number of carbonyl (C=O) groups excluding carboxylic acids is 1. The average molecular weight is 530 g/mol. The third-order valence-corrected chi connectivity index (χ3v) is 7.95. The van der Waals surface area contributed by atoms with Crippen LogP contribution in [0.25, 0.3) is 0 Å². The summed E-state index contributed by atoms with van der Waals surface area (Å²) < 4.78 is 28.2. The van der Waals surface area contributed by atoms with E-state index >= 15 is 0 Å². The van der Waals surface area contributed by atoms with Crippen LogP contribution in [0.4, 0.5) is 5.69 Å². The van der Waals surface area contributed by atoms with Crippen LogP contribution in [-0.2, 0) is 16.6 Å². The van der Waals surface area contributed by atoms with Gasteiger partial charge in [0.15, 0.2) is 0 Å². The number of hydrogen-bond acceptors (Lipinski definition) is 6. The molecule has 0 saturated carbocycles. The fraction of sp³-hybridized carbons (Fsp3) is 0.0714. The lowest BCUT2D eigenvalue weighted by molar-refractivity contribution is 0.0951. The van der Waals surface area contributed by atoms with Gasteiger partial charge >= 0.3 is 0 Å². The summed E-state index contributed by atoms with van der Waals surface area (Å²) in [5, 5.41) is 8.02. The molecule has 5 rings (SSSR count). The summed E-state index contributed by atoms with van der Waals surface area (Å²) in [4.78, 5) is 20.0. The highest BCUT2D eigenvalue weighted by atomic mass is 32.2. The van der Waals surface area contributed by atoms with E-state index in [1.807, 2.05) is 48.5 Å². The largest absolute Gasteiger partial charge is 0.497 e. The van der Waals surface area contributed by atoms with Crippen LogP contribution in [0, 0.1) is 0 Å². The number of methoxy groups -OCH3 is 1. The second-order valence-corrected chi connectivity index (χ2v) is 11.0. The van der Waals surface area contributed by atoms with Crippen molar-refractivity contribution in [1.82, 2.24) is 5.32 Å². The van der Waals surface area contributed by atoms with Gasteiger partial charge in [-0.15, -0.1) is 0 Å². The average Bonchev–Trinajstić information content (AvgIpc) is 3.08. The number of rotatable bonds is 6. The van der Waals surface area contributed by atoms with Crippen molar-refractivity contribution in [1.29, 1.82) is 0 Å². The first-order valence-corrected chi connectivity index (χ1v) is 13.7. The summed E-state index contributed by atoms with van der Waals surface area (Å²) in [5.74, 6) is 0.505. The lowest BCUT2D eigenvalue weighted by Gasteiger charge is -2.09.